The molecular weight excluding hydrogens is 420 g/mol. The van der Waals surface area contributed by atoms with E-state index in [1.807, 2.05) is 37.4 Å². The van der Waals surface area contributed by atoms with Gasteiger partial charge in [-0.2, -0.15) is 9.78 Å². The van der Waals surface area contributed by atoms with Crippen LogP contribution in [0.25, 0.3) is 11.4 Å². The predicted molar refractivity (Wildman–Crippen MR) is 122 cm³/mol. The number of ether oxygens (including phenoxy) is 1. The number of carbonyl (C=O) groups is 1. The fourth-order valence-electron chi connectivity index (χ4n) is 4.38. The molecule has 170 valence electrons. The minimum Gasteiger partial charge on any atom is -0.378 e. The lowest BCUT2D eigenvalue weighted by Gasteiger charge is -2.34. The van der Waals surface area contributed by atoms with Gasteiger partial charge in [0.2, 0.25) is 5.95 Å². The van der Waals surface area contributed by atoms with Gasteiger partial charge in [0.1, 0.15) is 11.5 Å². The second-order valence-corrected chi connectivity index (χ2v) is 8.41. The molecule has 4 heterocycles. The zero-order chi connectivity index (χ0) is 22.7. The summed E-state index contributed by atoms with van der Waals surface area (Å²) >= 11 is 0. The van der Waals surface area contributed by atoms with E-state index in [2.05, 4.69) is 30.7 Å². The number of allylic oxidation sites excluding steroid dienone is 4. The van der Waals surface area contributed by atoms with Crippen LogP contribution in [-0.2, 0) is 11.8 Å². The van der Waals surface area contributed by atoms with Gasteiger partial charge in [-0.3, -0.25) is 9.48 Å². The van der Waals surface area contributed by atoms with Gasteiger partial charge in [-0.15, -0.1) is 5.10 Å². The van der Waals surface area contributed by atoms with Crippen LogP contribution in [0.4, 0.5) is 11.8 Å². The summed E-state index contributed by atoms with van der Waals surface area (Å²) in [5, 5.41) is 15.5. The molecule has 1 N–H and O–H groups in total. The normalized spacial score (nSPS) is 22.4. The van der Waals surface area contributed by atoms with Gasteiger partial charge in [-0.25, -0.2) is 9.97 Å². The summed E-state index contributed by atoms with van der Waals surface area (Å²) < 4.78 is 9.02. The van der Waals surface area contributed by atoms with E-state index in [1.54, 1.807) is 29.3 Å². The average Bonchev–Trinajstić information content (AvgIpc) is 3.49. The lowest BCUT2D eigenvalue weighted by molar-refractivity contribution is -0.00743. The van der Waals surface area contributed by atoms with Gasteiger partial charge >= 0.3 is 0 Å². The number of nitrogens with one attached hydrogen (secondary N) is 1. The van der Waals surface area contributed by atoms with E-state index in [9.17, 15) is 4.79 Å². The Balaban J connectivity index is 1.44. The smallest absolute Gasteiger partial charge is 0.259 e. The molecule has 2 atom stereocenters. The molecule has 33 heavy (non-hydrogen) atoms. The second kappa shape index (κ2) is 9.07. The summed E-state index contributed by atoms with van der Waals surface area (Å²) in [6.07, 6.45) is 17.2. The van der Waals surface area contributed by atoms with E-state index in [4.69, 9.17) is 4.74 Å². The Morgan fingerprint density at radius 2 is 2.21 bits per heavy atom. The maximum absolute atomic E-state index is 13.9. The maximum Gasteiger partial charge on any atom is 0.259 e. The van der Waals surface area contributed by atoms with Crippen LogP contribution in [0.15, 0.2) is 55.0 Å². The van der Waals surface area contributed by atoms with Crippen molar-refractivity contribution in [2.75, 3.05) is 11.9 Å². The molecule has 1 aliphatic heterocycles. The third kappa shape index (κ3) is 4.34. The van der Waals surface area contributed by atoms with Crippen molar-refractivity contribution >= 4 is 17.7 Å². The first-order valence-corrected chi connectivity index (χ1v) is 11.1. The zero-order valence-corrected chi connectivity index (χ0v) is 18.5. The van der Waals surface area contributed by atoms with Gasteiger partial charge in [0.15, 0.2) is 0 Å². The quantitative estimate of drug-likeness (QED) is 0.614. The van der Waals surface area contributed by atoms with E-state index in [-0.39, 0.29) is 12.0 Å². The summed E-state index contributed by atoms with van der Waals surface area (Å²) in [6.45, 7) is 0.746. The van der Waals surface area contributed by atoms with E-state index in [0.717, 1.165) is 31.7 Å². The number of anilines is 2. The van der Waals surface area contributed by atoms with Crippen molar-refractivity contribution < 1.29 is 9.53 Å². The van der Waals surface area contributed by atoms with E-state index >= 15 is 0 Å². The highest BCUT2D eigenvalue weighted by molar-refractivity contribution is 5.89. The van der Waals surface area contributed by atoms with Crippen LogP contribution in [0.3, 0.4) is 0 Å². The molecule has 0 aromatic carbocycles. The standard InChI is InChI=1S/C23H26N8O2/c1-30-20(9-13-26-30)28-22-24-12-8-18(27-22)19-16-25-29-31(19)21(32)23(10-4-2-5-11-23)15-17-7-3-6-14-33-17/h2,4-5,8-10,12-13,16-17H,3,6-7,11,14-15H2,1H3,(H,24,27,28). The first-order chi connectivity index (χ1) is 16.1. The molecule has 1 saturated heterocycles. The zero-order valence-electron chi connectivity index (χ0n) is 18.5. The molecule has 1 aliphatic carbocycles. The molecule has 2 unspecified atom stereocenters. The molecule has 3 aromatic heterocycles. The van der Waals surface area contributed by atoms with Crippen LogP contribution >= 0.6 is 0 Å². The number of nitrogens with zero attached hydrogens (tertiary/aromatic N) is 7. The fourth-order valence-corrected chi connectivity index (χ4v) is 4.38. The highest BCUT2D eigenvalue weighted by atomic mass is 16.5. The molecule has 1 fully saturated rings. The third-order valence-corrected chi connectivity index (χ3v) is 6.16. The molecule has 0 radical (unpaired) electrons. The van der Waals surface area contributed by atoms with Gasteiger partial charge < -0.3 is 10.1 Å². The van der Waals surface area contributed by atoms with Gasteiger partial charge in [0.05, 0.1) is 29.6 Å². The van der Waals surface area contributed by atoms with Crippen molar-refractivity contribution in [1.29, 1.82) is 0 Å². The average molecular weight is 447 g/mol. The Labute approximate surface area is 191 Å². The van der Waals surface area contributed by atoms with Crippen molar-refractivity contribution in [3.05, 3.63) is 55.0 Å². The lowest BCUT2D eigenvalue weighted by Crippen LogP contribution is -2.39. The number of hydrogen-bond acceptors (Lipinski definition) is 8. The Hall–Kier alpha value is -3.66. The van der Waals surface area contributed by atoms with Gasteiger partial charge in [0.25, 0.3) is 5.91 Å². The van der Waals surface area contributed by atoms with Crippen LogP contribution in [0, 0.1) is 5.41 Å². The molecule has 0 spiro atoms. The SMILES string of the molecule is Cn1nccc1Nc1nccc(-c2cnnn2C(=O)C2(CC3CCCCO3)C=CC=CC2)n1. The van der Waals surface area contributed by atoms with Crippen molar-refractivity contribution in [1.82, 2.24) is 34.7 Å². The minimum atomic E-state index is -0.734. The topological polar surface area (TPSA) is 113 Å². The van der Waals surface area contributed by atoms with Crippen LogP contribution in [0.2, 0.25) is 0 Å². The van der Waals surface area contributed by atoms with Gasteiger partial charge in [-0.1, -0.05) is 29.5 Å². The maximum atomic E-state index is 13.9. The first-order valence-electron chi connectivity index (χ1n) is 11.1. The summed E-state index contributed by atoms with van der Waals surface area (Å²) in [6, 6.07) is 3.57. The Morgan fingerprint density at radius 1 is 1.27 bits per heavy atom. The van der Waals surface area contributed by atoms with E-state index < -0.39 is 5.41 Å². The van der Waals surface area contributed by atoms with Crippen LogP contribution in [0.5, 0.6) is 0 Å². The molecule has 0 saturated carbocycles. The third-order valence-electron chi connectivity index (χ3n) is 6.16. The summed E-state index contributed by atoms with van der Waals surface area (Å²) in [7, 11) is 1.82. The molecular formula is C23H26N8O2. The Morgan fingerprint density at radius 3 is 2.97 bits per heavy atom. The van der Waals surface area contributed by atoms with Crippen molar-refractivity contribution in [2.24, 2.45) is 12.5 Å². The predicted octanol–water partition coefficient (Wildman–Crippen LogP) is 3.31. The highest BCUT2D eigenvalue weighted by Crippen LogP contribution is 2.38. The number of aromatic nitrogens is 7. The molecule has 0 amide bonds. The molecule has 0 bridgehead atoms. The Kier molecular flexibility index (Phi) is 5.82. The van der Waals surface area contributed by atoms with Crippen molar-refractivity contribution in [3.63, 3.8) is 0 Å². The van der Waals surface area contributed by atoms with Crippen LogP contribution in [-0.4, -0.2) is 53.4 Å². The first kappa shape index (κ1) is 21.2. The van der Waals surface area contributed by atoms with Crippen molar-refractivity contribution in [2.45, 2.75) is 38.2 Å². The van der Waals surface area contributed by atoms with Crippen molar-refractivity contribution in [3.8, 4) is 11.4 Å². The largest absolute Gasteiger partial charge is 0.378 e. The molecule has 2 aliphatic rings. The fraction of sp³-hybridized carbons (Fsp3) is 0.391. The van der Waals surface area contributed by atoms with E-state index in [1.165, 1.54) is 4.68 Å². The van der Waals surface area contributed by atoms with Gasteiger partial charge in [-0.05, 0) is 38.2 Å². The number of rotatable bonds is 6. The van der Waals surface area contributed by atoms with Gasteiger partial charge in [0, 0.05) is 25.9 Å². The lowest BCUT2D eigenvalue weighted by atomic mass is 9.75. The highest BCUT2D eigenvalue weighted by Gasteiger charge is 2.41. The molecule has 5 rings (SSSR count). The van der Waals surface area contributed by atoms with Crippen LogP contribution < -0.4 is 5.32 Å². The molecule has 10 nitrogen and oxygen atoms in total. The summed E-state index contributed by atoms with van der Waals surface area (Å²) in [5.41, 5.74) is 0.330. The minimum absolute atomic E-state index is 0.0552. The van der Waals surface area contributed by atoms with Crippen LogP contribution in [0.1, 0.15) is 36.9 Å². The summed E-state index contributed by atoms with van der Waals surface area (Å²) in [5.74, 6) is 1.01. The van der Waals surface area contributed by atoms with E-state index in [0.29, 0.717) is 30.2 Å². The number of carbonyl (C=O) groups excluding carboxylic acids is 1. The number of aryl methyl sites for hydroxylation is 1. The monoisotopic (exact) mass is 446 g/mol. The molecule has 10 heteroatoms. The second-order valence-electron chi connectivity index (χ2n) is 8.41. The Bertz CT molecular complexity index is 1190. The molecule has 3 aromatic rings. The summed E-state index contributed by atoms with van der Waals surface area (Å²) in [4.78, 5) is 22.8. The number of hydrogen-bond donors (Lipinski definition) is 1.